The molecular weight excluding hydrogens is 226 g/mol. The molecule has 0 radical (unpaired) electrons. The summed E-state index contributed by atoms with van der Waals surface area (Å²) in [5, 5.41) is 22.9. The second-order valence-electron chi connectivity index (χ2n) is 3.01. The van der Waals surface area contributed by atoms with Crippen LogP contribution in [0.5, 0.6) is 0 Å². The molecule has 88 valence electrons. The van der Waals surface area contributed by atoms with Gasteiger partial charge in [0.1, 0.15) is 0 Å². The Kier molecular flexibility index (Phi) is 3.99. The molecule has 0 fully saturated rings. The van der Waals surface area contributed by atoms with Gasteiger partial charge < -0.3 is 25.1 Å². The van der Waals surface area contributed by atoms with Gasteiger partial charge in [-0.05, 0) is 23.8 Å². The Bertz CT molecular complexity index is 492. The molecule has 0 saturated carbocycles. The predicted octanol–water partition coefficient (Wildman–Crippen LogP) is -1.71. The molecule has 0 bridgehead atoms. The van der Waals surface area contributed by atoms with Gasteiger partial charge in [0.05, 0.1) is 11.9 Å². The third kappa shape index (κ3) is 4.17. The fourth-order valence-corrected chi connectivity index (χ4v) is 1.05. The molecule has 17 heavy (non-hydrogen) atoms. The van der Waals surface area contributed by atoms with Gasteiger partial charge in [0.25, 0.3) is 0 Å². The SMILES string of the molecule is O=C([O-])/C=C\C(=O)Nc1cccc(C(=O)[O-])c1. The molecule has 0 atom stereocenters. The first-order valence-electron chi connectivity index (χ1n) is 4.50. The molecule has 0 spiro atoms. The smallest absolute Gasteiger partial charge is 0.248 e. The molecule has 6 heteroatoms. The van der Waals surface area contributed by atoms with E-state index in [0.29, 0.717) is 6.08 Å². The van der Waals surface area contributed by atoms with Crippen molar-refractivity contribution in [3.8, 4) is 0 Å². The first-order chi connectivity index (χ1) is 7.99. The molecule has 0 aliphatic rings. The van der Waals surface area contributed by atoms with E-state index in [9.17, 15) is 24.6 Å². The lowest BCUT2D eigenvalue weighted by atomic mass is 10.2. The van der Waals surface area contributed by atoms with Crippen molar-refractivity contribution in [2.75, 3.05) is 5.32 Å². The number of amides is 1. The van der Waals surface area contributed by atoms with Gasteiger partial charge in [-0.25, -0.2) is 0 Å². The van der Waals surface area contributed by atoms with Crippen molar-refractivity contribution < 1.29 is 24.6 Å². The highest BCUT2D eigenvalue weighted by Crippen LogP contribution is 2.09. The Balaban J connectivity index is 2.75. The molecule has 0 saturated heterocycles. The van der Waals surface area contributed by atoms with E-state index in [1.807, 2.05) is 0 Å². The van der Waals surface area contributed by atoms with Crippen LogP contribution in [0.4, 0.5) is 5.69 Å². The second kappa shape index (κ2) is 5.45. The van der Waals surface area contributed by atoms with Crippen molar-refractivity contribution in [2.45, 2.75) is 0 Å². The summed E-state index contributed by atoms with van der Waals surface area (Å²) < 4.78 is 0. The maximum absolute atomic E-state index is 11.1. The number of aromatic carboxylic acids is 1. The molecule has 0 unspecified atom stereocenters. The highest BCUT2D eigenvalue weighted by atomic mass is 16.4. The predicted molar refractivity (Wildman–Crippen MR) is 53.5 cm³/mol. The normalized spacial score (nSPS) is 10.1. The first-order valence-corrected chi connectivity index (χ1v) is 4.50. The number of hydrogen-bond acceptors (Lipinski definition) is 5. The first kappa shape index (κ1) is 12.4. The fourth-order valence-electron chi connectivity index (χ4n) is 1.05. The van der Waals surface area contributed by atoms with Crippen LogP contribution >= 0.6 is 0 Å². The molecule has 0 aliphatic heterocycles. The Morgan fingerprint density at radius 3 is 2.41 bits per heavy atom. The summed E-state index contributed by atoms with van der Waals surface area (Å²) in [6, 6.07) is 5.38. The highest BCUT2D eigenvalue weighted by Gasteiger charge is 1.99. The lowest BCUT2D eigenvalue weighted by molar-refractivity contribution is -0.297. The zero-order valence-corrected chi connectivity index (χ0v) is 8.51. The number of carbonyl (C=O) groups is 3. The molecule has 1 aromatic carbocycles. The summed E-state index contributed by atoms with van der Waals surface area (Å²) >= 11 is 0. The molecule has 0 aromatic heterocycles. The number of carbonyl (C=O) groups excluding carboxylic acids is 3. The molecule has 1 N–H and O–H groups in total. The number of aliphatic carboxylic acids is 1. The Labute approximate surface area is 96.2 Å². The summed E-state index contributed by atoms with van der Waals surface area (Å²) in [6.07, 6.45) is 1.33. The number of anilines is 1. The molecular formula is C11H7NO5-2. The van der Waals surface area contributed by atoms with E-state index < -0.39 is 17.8 Å². The number of rotatable bonds is 4. The summed E-state index contributed by atoms with van der Waals surface area (Å²) in [4.78, 5) is 31.7. The van der Waals surface area contributed by atoms with Crippen molar-refractivity contribution >= 4 is 23.5 Å². The minimum Gasteiger partial charge on any atom is -0.545 e. The van der Waals surface area contributed by atoms with Crippen molar-refractivity contribution in [2.24, 2.45) is 0 Å². The van der Waals surface area contributed by atoms with Gasteiger partial charge in [0.2, 0.25) is 5.91 Å². The minimum absolute atomic E-state index is 0.0910. The topological polar surface area (TPSA) is 109 Å². The third-order valence-corrected chi connectivity index (χ3v) is 1.74. The van der Waals surface area contributed by atoms with E-state index in [2.05, 4.69) is 5.32 Å². The van der Waals surface area contributed by atoms with Crippen LogP contribution in [0.2, 0.25) is 0 Å². The largest absolute Gasteiger partial charge is 0.545 e. The molecule has 1 rings (SSSR count). The third-order valence-electron chi connectivity index (χ3n) is 1.74. The average molecular weight is 233 g/mol. The monoisotopic (exact) mass is 233 g/mol. The van der Waals surface area contributed by atoms with Crippen LogP contribution in [0.3, 0.4) is 0 Å². The Morgan fingerprint density at radius 2 is 1.82 bits per heavy atom. The standard InChI is InChI=1S/C11H9NO5/c13-9(4-5-10(14)15)12-8-3-1-2-7(6-8)11(16)17/h1-6H,(H,12,13)(H,14,15)(H,16,17)/p-2/b5-4-. The van der Waals surface area contributed by atoms with Crippen LogP contribution in [0.25, 0.3) is 0 Å². The van der Waals surface area contributed by atoms with Gasteiger partial charge in [-0.1, -0.05) is 12.1 Å². The van der Waals surface area contributed by atoms with Crippen LogP contribution in [-0.2, 0) is 9.59 Å². The van der Waals surface area contributed by atoms with Crippen LogP contribution in [-0.4, -0.2) is 17.8 Å². The second-order valence-corrected chi connectivity index (χ2v) is 3.01. The maximum atomic E-state index is 11.1. The van der Waals surface area contributed by atoms with Gasteiger partial charge in [0.15, 0.2) is 0 Å². The summed E-state index contributed by atoms with van der Waals surface area (Å²) in [5.41, 5.74) is 0.131. The van der Waals surface area contributed by atoms with Gasteiger partial charge in [-0.15, -0.1) is 0 Å². The van der Waals surface area contributed by atoms with E-state index in [-0.39, 0.29) is 11.3 Å². The van der Waals surface area contributed by atoms with Crippen molar-refractivity contribution in [3.05, 3.63) is 42.0 Å². The molecule has 0 heterocycles. The van der Waals surface area contributed by atoms with E-state index in [1.165, 1.54) is 24.3 Å². The highest BCUT2D eigenvalue weighted by molar-refractivity contribution is 6.02. The van der Waals surface area contributed by atoms with Gasteiger partial charge in [-0.2, -0.15) is 0 Å². The minimum atomic E-state index is -1.50. The van der Waals surface area contributed by atoms with Gasteiger partial charge in [0, 0.05) is 11.8 Å². The van der Waals surface area contributed by atoms with Gasteiger partial charge >= 0.3 is 0 Å². The quantitative estimate of drug-likeness (QED) is 0.623. The molecule has 0 aliphatic carbocycles. The van der Waals surface area contributed by atoms with Crippen LogP contribution in [0.1, 0.15) is 10.4 Å². The molecule has 1 aromatic rings. The maximum Gasteiger partial charge on any atom is 0.248 e. The summed E-state index contributed by atoms with van der Waals surface area (Å²) in [7, 11) is 0. The molecule has 6 nitrogen and oxygen atoms in total. The zero-order chi connectivity index (χ0) is 12.8. The van der Waals surface area contributed by atoms with E-state index in [1.54, 1.807) is 0 Å². The van der Waals surface area contributed by atoms with Crippen molar-refractivity contribution in [1.29, 1.82) is 0 Å². The van der Waals surface area contributed by atoms with E-state index in [4.69, 9.17) is 0 Å². The lowest BCUT2D eigenvalue weighted by Gasteiger charge is -2.06. The van der Waals surface area contributed by atoms with Crippen LogP contribution in [0, 0.1) is 0 Å². The van der Waals surface area contributed by atoms with Crippen molar-refractivity contribution in [3.63, 3.8) is 0 Å². The number of benzene rings is 1. The summed E-state index contributed by atoms with van der Waals surface area (Å²) in [6.45, 7) is 0. The lowest BCUT2D eigenvalue weighted by Crippen LogP contribution is -2.22. The Morgan fingerprint density at radius 1 is 1.12 bits per heavy atom. The van der Waals surface area contributed by atoms with Crippen LogP contribution < -0.4 is 15.5 Å². The zero-order valence-electron chi connectivity index (χ0n) is 8.51. The Hall–Kier alpha value is -2.63. The number of hydrogen-bond donors (Lipinski definition) is 1. The fraction of sp³-hybridized carbons (Fsp3) is 0. The van der Waals surface area contributed by atoms with E-state index in [0.717, 1.165) is 6.08 Å². The summed E-state index contributed by atoms with van der Waals surface area (Å²) in [5.74, 6) is -3.57. The number of carboxylic acids is 2. The van der Waals surface area contributed by atoms with E-state index >= 15 is 0 Å². The van der Waals surface area contributed by atoms with Crippen molar-refractivity contribution in [1.82, 2.24) is 0 Å². The number of carboxylic acid groups (broad SMARTS) is 2. The number of nitrogens with one attached hydrogen (secondary N) is 1. The average Bonchev–Trinajstić information content (AvgIpc) is 2.26. The van der Waals surface area contributed by atoms with Gasteiger partial charge in [-0.3, -0.25) is 4.79 Å². The van der Waals surface area contributed by atoms with Crippen LogP contribution in [0.15, 0.2) is 36.4 Å². The molecule has 1 amide bonds.